The Kier molecular flexibility index (Phi) is 5.41. The number of rotatable bonds is 5. The fourth-order valence-corrected chi connectivity index (χ4v) is 2.63. The van der Waals surface area contributed by atoms with Crippen molar-refractivity contribution in [2.75, 3.05) is 29.9 Å². The summed E-state index contributed by atoms with van der Waals surface area (Å²) in [5.41, 5.74) is 7.58. The van der Waals surface area contributed by atoms with Crippen molar-refractivity contribution in [2.45, 2.75) is 32.6 Å². The highest BCUT2D eigenvalue weighted by Gasteiger charge is 2.17. The lowest BCUT2D eigenvalue weighted by molar-refractivity contribution is -0.119. The van der Waals surface area contributed by atoms with E-state index in [4.69, 9.17) is 5.73 Å². The second-order valence-corrected chi connectivity index (χ2v) is 5.53. The smallest absolute Gasteiger partial charge is 0.227 e. The lowest BCUT2D eigenvalue weighted by atomic mass is 10.1. The quantitative estimate of drug-likeness (QED) is 0.868. The van der Waals surface area contributed by atoms with Crippen LogP contribution in [0.15, 0.2) is 24.3 Å². The molecule has 110 valence electrons. The maximum atomic E-state index is 12.2. The molecule has 20 heavy (non-hydrogen) atoms. The average Bonchev–Trinajstić information content (AvgIpc) is 2.49. The highest BCUT2D eigenvalue weighted by molar-refractivity contribution is 5.95. The number of benzene rings is 1. The summed E-state index contributed by atoms with van der Waals surface area (Å²) in [7, 11) is 0. The van der Waals surface area contributed by atoms with Crippen LogP contribution in [0, 0.1) is 5.92 Å². The van der Waals surface area contributed by atoms with Crippen LogP contribution in [0.2, 0.25) is 0 Å². The zero-order valence-electron chi connectivity index (χ0n) is 12.3. The van der Waals surface area contributed by atoms with Gasteiger partial charge in [0.25, 0.3) is 0 Å². The van der Waals surface area contributed by atoms with Gasteiger partial charge in [-0.15, -0.1) is 0 Å². The lowest BCUT2D eigenvalue weighted by Crippen LogP contribution is -2.31. The van der Waals surface area contributed by atoms with Gasteiger partial charge < -0.3 is 16.0 Å². The van der Waals surface area contributed by atoms with Crippen LogP contribution < -0.4 is 16.0 Å². The first kappa shape index (κ1) is 14.9. The summed E-state index contributed by atoms with van der Waals surface area (Å²) in [6.07, 6.45) is 4.48. The van der Waals surface area contributed by atoms with Gasteiger partial charge in [0.05, 0.1) is 11.4 Å². The predicted molar refractivity (Wildman–Crippen MR) is 84.0 cm³/mol. The molecular formula is C16H25N3O. The van der Waals surface area contributed by atoms with Crippen molar-refractivity contribution in [3.8, 4) is 0 Å². The summed E-state index contributed by atoms with van der Waals surface area (Å²) in [6.45, 7) is 4.62. The van der Waals surface area contributed by atoms with Gasteiger partial charge in [-0.25, -0.2) is 0 Å². The Morgan fingerprint density at radius 1 is 1.30 bits per heavy atom. The molecule has 1 atom stereocenters. The van der Waals surface area contributed by atoms with Crippen LogP contribution in [-0.4, -0.2) is 25.5 Å². The SMILES string of the molecule is CC(CCN)C(=O)Nc1ccccc1N1CCCCC1. The molecule has 3 N–H and O–H groups in total. The van der Waals surface area contributed by atoms with Crippen molar-refractivity contribution in [1.29, 1.82) is 0 Å². The fraction of sp³-hybridized carbons (Fsp3) is 0.562. The molecule has 0 bridgehead atoms. The van der Waals surface area contributed by atoms with Gasteiger partial charge in [0.15, 0.2) is 0 Å². The van der Waals surface area contributed by atoms with Crippen molar-refractivity contribution in [3.63, 3.8) is 0 Å². The number of hydrogen-bond acceptors (Lipinski definition) is 3. The van der Waals surface area contributed by atoms with E-state index in [1.165, 1.54) is 19.3 Å². The Hall–Kier alpha value is -1.55. The topological polar surface area (TPSA) is 58.4 Å². The highest BCUT2D eigenvalue weighted by Crippen LogP contribution is 2.28. The van der Waals surface area contributed by atoms with Crippen molar-refractivity contribution in [1.82, 2.24) is 0 Å². The summed E-state index contributed by atoms with van der Waals surface area (Å²) in [5, 5.41) is 3.06. The maximum Gasteiger partial charge on any atom is 0.227 e. The third kappa shape index (κ3) is 3.73. The zero-order valence-corrected chi connectivity index (χ0v) is 12.3. The number of nitrogens with zero attached hydrogens (tertiary/aromatic N) is 1. The van der Waals surface area contributed by atoms with E-state index in [0.29, 0.717) is 6.54 Å². The summed E-state index contributed by atoms with van der Waals surface area (Å²) >= 11 is 0. The molecule has 4 heteroatoms. The Balaban J connectivity index is 2.09. The minimum absolute atomic E-state index is 0.0468. The lowest BCUT2D eigenvalue weighted by Gasteiger charge is -2.30. The van der Waals surface area contributed by atoms with E-state index in [-0.39, 0.29) is 11.8 Å². The van der Waals surface area contributed by atoms with E-state index in [1.807, 2.05) is 25.1 Å². The molecule has 1 saturated heterocycles. The molecule has 0 aliphatic carbocycles. The molecule has 1 heterocycles. The Morgan fingerprint density at radius 2 is 2.00 bits per heavy atom. The minimum Gasteiger partial charge on any atom is -0.370 e. The van der Waals surface area contributed by atoms with Crippen molar-refractivity contribution in [3.05, 3.63) is 24.3 Å². The number of nitrogens with two attached hydrogens (primary N) is 1. The summed E-state index contributed by atoms with van der Waals surface area (Å²) < 4.78 is 0. The number of carbonyl (C=O) groups is 1. The van der Waals surface area contributed by atoms with Gasteiger partial charge in [-0.2, -0.15) is 0 Å². The van der Waals surface area contributed by atoms with Crippen LogP contribution in [0.25, 0.3) is 0 Å². The third-order valence-electron chi connectivity index (χ3n) is 3.91. The molecule has 1 fully saturated rings. The van der Waals surface area contributed by atoms with Crippen molar-refractivity contribution in [2.24, 2.45) is 11.7 Å². The van der Waals surface area contributed by atoms with Crippen LogP contribution in [0.4, 0.5) is 11.4 Å². The number of para-hydroxylation sites is 2. The van der Waals surface area contributed by atoms with Gasteiger partial charge in [-0.1, -0.05) is 19.1 Å². The summed E-state index contributed by atoms with van der Waals surface area (Å²) in [6, 6.07) is 8.07. The van der Waals surface area contributed by atoms with Gasteiger partial charge in [-0.3, -0.25) is 4.79 Å². The number of hydrogen-bond donors (Lipinski definition) is 2. The number of anilines is 2. The minimum atomic E-state index is -0.0468. The Bertz CT molecular complexity index is 441. The molecule has 1 amide bonds. The second kappa shape index (κ2) is 7.29. The van der Waals surface area contributed by atoms with E-state index in [2.05, 4.69) is 16.3 Å². The first-order chi connectivity index (χ1) is 9.72. The molecule has 2 rings (SSSR count). The zero-order chi connectivity index (χ0) is 14.4. The molecule has 1 aliphatic heterocycles. The molecule has 4 nitrogen and oxygen atoms in total. The molecule has 1 aliphatic rings. The number of carbonyl (C=O) groups excluding carboxylic acids is 1. The van der Waals surface area contributed by atoms with Crippen LogP contribution in [0.5, 0.6) is 0 Å². The van der Waals surface area contributed by atoms with E-state index >= 15 is 0 Å². The van der Waals surface area contributed by atoms with E-state index in [9.17, 15) is 4.79 Å². The van der Waals surface area contributed by atoms with E-state index in [1.54, 1.807) is 0 Å². The summed E-state index contributed by atoms with van der Waals surface area (Å²) in [5.74, 6) is 0.00863. The van der Waals surface area contributed by atoms with Crippen molar-refractivity contribution >= 4 is 17.3 Å². The molecule has 1 aromatic rings. The van der Waals surface area contributed by atoms with Crippen LogP contribution in [0.3, 0.4) is 0 Å². The van der Waals surface area contributed by atoms with E-state index < -0.39 is 0 Å². The highest BCUT2D eigenvalue weighted by atomic mass is 16.1. The second-order valence-electron chi connectivity index (χ2n) is 5.53. The molecule has 0 saturated carbocycles. The van der Waals surface area contributed by atoms with Crippen LogP contribution in [-0.2, 0) is 4.79 Å². The largest absolute Gasteiger partial charge is 0.370 e. The maximum absolute atomic E-state index is 12.2. The van der Waals surface area contributed by atoms with Gasteiger partial charge >= 0.3 is 0 Å². The fourth-order valence-electron chi connectivity index (χ4n) is 2.63. The predicted octanol–water partition coefficient (Wildman–Crippen LogP) is 2.60. The Labute approximate surface area is 121 Å². The van der Waals surface area contributed by atoms with Gasteiger partial charge in [0, 0.05) is 19.0 Å². The third-order valence-corrected chi connectivity index (χ3v) is 3.91. The first-order valence-corrected chi connectivity index (χ1v) is 7.57. The van der Waals surface area contributed by atoms with Gasteiger partial charge in [-0.05, 0) is 44.4 Å². The molecule has 0 spiro atoms. The van der Waals surface area contributed by atoms with E-state index in [0.717, 1.165) is 30.9 Å². The molecule has 0 aromatic heterocycles. The average molecular weight is 275 g/mol. The molecular weight excluding hydrogens is 250 g/mol. The standard InChI is InChI=1S/C16H25N3O/c1-13(9-10-17)16(20)18-14-7-3-4-8-15(14)19-11-5-2-6-12-19/h3-4,7-8,13H,2,5-6,9-12,17H2,1H3,(H,18,20). The summed E-state index contributed by atoms with van der Waals surface area (Å²) in [4.78, 5) is 14.5. The number of amides is 1. The molecule has 0 radical (unpaired) electrons. The monoisotopic (exact) mass is 275 g/mol. The van der Waals surface area contributed by atoms with Crippen LogP contribution in [0.1, 0.15) is 32.6 Å². The van der Waals surface area contributed by atoms with Crippen LogP contribution >= 0.6 is 0 Å². The normalized spacial score (nSPS) is 16.8. The van der Waals surface area contributed by atoms with Gasteiger partial charge in [0.1, 0.15) is 0 Å². The Morgan fingerprint density at radius 3 is 2.70 bits per heavy atom. The number of nitrogens with one attached hydrogen (secondary N) is 1. The van der Waals surface area contributed by atoms with Gasteiger partial charge in [0.2, 0.25) is 5.91 Å². The number of piperidine rings is 1. The molecule has 1 aromatic carbocycles. The first-order valence-electron chi connectivity index (χ1n) is 7.57. The molecule has 1 unspecified atom stereocenters. The van der Waals surface area contributed by atoms with Crippen molar-refractivity contribution < 1.29 is 4.79 Å².